The maximum Gasteiger partial charge on any atom is 0.340 e. The van der Waals surface area contributed by atoms with Crippen LogP contribution in [0.3, 0.4) is 0 Å². The van der Waals surface area contributed by atoms with Crippen molar-refractivity contribution in [2.24, 2.45) is 0 Å². The van der Waals surface area contributed by atoms with Gasteiger partial charge in [0.05, 0.1) is 30.9 Å². The van der Waals surface area contributed by atoms with Gasteiger partial charge in [0.25, 0.3) is 0 Å². The molecule has 0 amide bonds. The molecule has 1 aromatic carbocycles. The van der Waals surface area contributed by atoms with Crippen molar-refractivity contribution in [1.82, 2.24) is 4.98 Å². The molecule has 0 unspecified atom stereocenters. The van der Waals surface area contributed by atoms with E-state index in [1.807, 2.05) is 0 Å². The van der Waals surface area contributed by atoms with Gasteiger partial charge in [0.15, 0.2) is 0 Å². The molecule has 5 nitrogen and oxygen atoms in total. The predicted octanol–water partition coefficient (Wildman–Crippen LogP) is 3.46. The minimum atomic E-state index is -0.508. The third kappa shape index (κ3) is 3.18. The van der Waals surface area contributed by atoms with Crippen molar-refractivity contribution in [3.05, 3.63) is 46.7 Å². The molecule has 0 bridgehead atoms. The standard InChI is InChI=1S/C16H13ClN2O3/c1-3-22-16(20)13-9-19-15(17)7-11(13)12-6-10(8-18)4-5-14(12)21-2/h4-7,9H,3H2,1-2H3. The monoisotopic (exact) mass is 316 g/mol. The van der Waals surface area contributed by atoms with Crippen LogP contribution in [-0.2, 0) is 4.74 Å². The first-order valence-electron chi connectivity index (χ1n) is 6.51. The number of ether oxygens (including phenoxy) is 2. The second-order valence-electron chi connectivity index (χ2n) is 4.30. The van der Waals surface area contributed by atoms with E-state index in [9.17, 15) is 4.79 Å². The topological polar surface area (TPSA) is 72.2 Å². The molecular formula is C16H13ClN2O3. The highest BCUT2D eigenvalue weighted by molar-refractivity contribution is 6.29. The van der Waals surface area contributed by atoms with E-state index >= 15 is 0 Å². The third-order valence-electron chi connectivity index (χ3n) is 2.98. The minimum absolute atomic E-state index is 0.229. The maximum atomic E-state index is 12.1. The second-order valence-corrected chi connectivity index (χ2v) is 4.69. The fraction of sp³-hybridized carbons (Fsp3) is 0.188. The maximum absolute atomic E-state index is 12.1. The van der Waals surface area contributed by atoms with Crippen LogP contribution in [0.1, 0.15) is 22.8 Å². The van der Waals surface area contributed by atoms with Crippen molar-refractivity contribution >= 4 is 17.6 Å². The zero-order valence-corrected chi connectivity index (χ0v) is 12.8. The Hall–Kier alpha value is -2.58. The smallest absolute Gasteiger partial charge is 0.340 e. The van der Waals surface area contributed by atoms with Gasteiger partial charge >= 0.3 is 5.97 Å². The van der Waals surface area contributed by atoms with Crippen LogP contribution in [0.5, 0.6) is 5.75 Å². The van der Waals surface area contributed by atoms with Crippen molar-refractivity contribution < 1.29 is 14.3 Å². The van der Waals surface area contributed by atoms with Crippen molar-refractivity contribution in [3.8, 4) is 22.9 Å². The number of carbonyl (C=O) groups excluding carboxylic acids is 1. The van der Waals surface area contributed by atoms with Gasteiger partial charge in [0.2, 0.25) is 0 Å². The predicted molar refractivity (Wildman–Crippen MR) is 81.9 cm³/mol. The Balaban J connectivity index is 2.68. The summed E-state index contributed by atoms with van der Waals surface area (Å²) in [6, 6.07) is 8.54. The van der Waals surface area contributed by atoms with E-state index in [1.54, 1.807) is 31.2 Å². The summed E-state index contributed by atoms with van der Waals surface area (Å²) < 4.78 is 10.3. The first kappa shape index (κ1) is 15.8. The Bertz CT molecular complexity index is 754. The Morgan fingerprint density at radius 1 is 1.36 bits per heavy atom. The van der Waals surface area contributed by atoms with Crippen LogP contribution >= 0.6 is 11.6 Å². The molecule has 1 heterocycles. The highest BCUT2D eigenvalue weighted by Crippen LogP contribution is 2.34. The Labute approximate surface area is 133 Å². The first-order valence-corrected chi connectivity index (χ1v) is 6.89. The number of pyridine rings is 1. The molecule has 0 saturated carbocycles. The number of aromatic nitrogens is 1. The number of nitrogens with zero attached hydrogens (tertiary/aromatic N) is 2. The SMILES string of the molecule is CCOC(=O)c1cnc(Cl)cc1-c1cc(C#N)ccc1OC. The molecule has 0 saturated heterocycles. The molecule has 0 aliphatic heterocycles. The summed E-state index contributed by atoms with van der Waals surface area (Å²) in [5.74, 6) is 0.0119. The number of carbonyl (C=O) groups is 1. The summed E-state index contributed by atoms with van der Waals surface area (Å²) in [7, 11) is 1.51. The summed E-state index contributed by atoms with van der Waals surface area (Å²) in [5, 5.41) is 9.30. The van der Waals surface area contributed by atoms with Crippen LogP contribution in [0, 0.1) is 11.3 Å². The zero-order chi connectivity index (χ0) is 16.1. The lowest BCUT2D eigenvalue weighted by Crippen LogP contribution is -2.07. The largest absolute Gasteiger partial charge is 0.496 e. The van der Waals surface area contributed by atoms with Gasteiger partial charge in [-0.3, -0.25) is 0 Å². The summed E-state index contributed by atoms with van der Waals surface area (Å²) >= 11 is 5.95. The summed E-state index contributed by atoms with van der Waals surface area (Å²) in [4.78, 5) is 16.0. The molecular weight excluding hydrogens is 304 g/mol. The van der Waals surface area contributed by atoms with E-state index in [0.717, 1.165) is 0 Å². The van der Waals surface area contributed by atoms with Crippen molar-refractivity contribution in [2.45, 2.75) is 6.92 Å². The Morgan fingerprint density at radius 3 is 2.77 bits per heavy atom. The van der Waals surface area contributed by atoms with Crippen LogP contribution in [0.25, 0.3) is 11.1 Å². The molecule has 2 aromatic rings. The van der Waals surface area contributed by atoms with E-state index < -0.39 is 5.97 Å². The summed E-state index contributed by atoms with van der Waals surface area (Å²) in [6.07, 6.45) is 1.36. The molecule has 0 fully saturated rings. The van der Waals surface area contributed by atoms with Gasteiger partial charge in [-0.1, -0.05) is 11.6 Å². The molecule has 0 spiro atoms. The van der Waals surface area contributed by atoms with E-state index in [2.05, 4.69) is 11.1 Å². The van der Waals surface area contributed by atoms with Gasteiger partial charge < -0.3 is 9.47 Å². The van der Waals surface area contributed by atoms with E-state index in [-0.39, 0.29) is 17.3 Å². The van der Waals surface area contributed by atoms with Crippen molar-refractivity contribution in [2.75, 3.05) is 13.7 Å². The number of hydrogen-bond acceptors (Lipinski definition) is 5. The number of nitriles is 1. The van der Waals surface area contributed by atoms with Gasteiger partial charge in [0.1, 0.15) is 10.9 Å². The third-order valence-corrected chi connectivity index (χ3v) is 3.19. The molecule has 2 rings (SSSR count). The second kappa shape index (κ2) is 6.92. The lowest BCUT2D eigenvalue weighted by atomic mass is 9.99. The van der Waals surface area contributed by atoms with Gasteiger partial charge in [-0.05, 0) is 31.2 Å². The van der Waals surface area contributed by atoms with Gasteiger partial charge in [0, 0.05) is 17.3 Å². The van der Waals surface area contributed by atoms with Crippen molar-refractivity contribution in [1.29, 1.82) is 5.26 Å². The van der Waals surface area contributed by atoms with Gasteiger partial charge in [-0.2, -0.15) is 5.26 Å². The fourth-order valence-electron chi connectivity index (χ4n) is 2.01. The molecule has 112 valence electrons. The van der Waals surface area contributed by atoms with E-state index in [0.29, 0.717) is 22.4 Å². The fourth-order valence-corrected chi connectivity index (χ4v) is 2.17. The zero-order valence-electron chi connectivity index (χ0n) is 12.1. The summed E-state index contributed by atoms with van der Waals surface area (Å²) in [5.41, 5.74) is 1.79. The molecule has 1 aromatic heterocycles. The van der Waals surface area contributed by atoms with E-state index in [1.165, 1.54) is 13.3 Å². The highest BCUT2D eigenvalue weighted by atomic mass is 35.5. The summed E-state index contributed by atoms with van der Waals surface area (Å²) in [6.45, 7) is 1.97. The van der Waals surface area contributed by atoms with Crippen LogP contribution < -0.4 is 4.74 Å². The van der Waals surface area contributed by atoms with Crippen LogP contribution in [0.4, 0.5) is 0 Å². The molecule has 6 heteroatoms. The lowest BCUT2D eigenvalue weighted by molar-refractivity contribution is 0.0527. The van der Waals surface area contributed by atoms with Crippen LogP contribution in [0.15, 0.2) is 30.5 Å². The van der Waals surface area contributed by atoms with E-state index in [4.69, 9.17) is 26.3 Å². The van der Waals surface area contributed by atoms with Crippen LogP contribution in [0.2, 0.25) is 5.15 Å². The van der Waals surface area contributed by atoms with Crippen LogP contribution in [-0.4, -0.2) is 24.7 Å². The highest BCUT2D eigenvalue weighted by Gasteiger charge is 2.18. The number of methoxy groups -OCH3 is 1. The Kier molecular flexibility index (Phi) is 4.97. The number of rotatable bonds is 4. The quantitative estimate of drug-likeness (QED) is 0.638. The average molecular weight is 317 g/mol. The van der Waals surface area contributed by atoms with Gasteiger partial charge in [-0.25, -0.2) is 9.78 Å². The molecule has 0 aliphatic carbocycles. The number of halogens is 1. The molecule has 0 N–H and O–H groups in total. The Morgan fingerprint density at radius 2 is 2.14 bits per heavy atom. The normalized spacial score (nSPS) is 9.91. The van der Waals surface area contributed by atoms with Crippen molar-refractivity contribution in [3.63, 3.8) is 0 Å². The molecule has 0 radical (unpaired) electrons. The molecule has 0 aliphatic rings. The molecule has 22 heavy (non-hydrogen) atoms. The van der Waals surface area contributed by atoms with Gasteiger partial charge in [-0.15, -0.1) is 0 Å². The number of benzene rings is 1. The molecule has 0 atom stereocenters. The first-order chi connectivity index (χ1) is 10.6. The lowest BCUT2D eigenvalue weighted by Gasteiger charge is -2.13. The number of esters is 1. The number of hydrogen-bond donors (Lipinski definition) is 0. The minimum Gasteiger partial charge on any atom is -0.496 e. The average Bonchev–Trinajstić information content (AvgIpc) is 2.54.